The molecule has 2 rings (SSSR count). The maximum atomic E-state index is 12.1. The molecule has 21 heavy (non-hydrogen) atoms. The lowest BCUT2D eigenvalue weighted by atomic mass is 10.3. The van der Waals surface area contributed by atoms with Crippen molar-refractivity contribution in [1.29, 1.82) is 10.5 Å². The molecule has 0 unspecified atom stereocenters. The van der Waals surface area contributed by atoms with E-state index < -0.39 is 5.91 Å². The fourth-order valence-electron chi connectivity index (χ4n) is 1.58. The van der Waals surface area contributed by atoms with E-state index >= 15 is 0 Å². The van der Waals surface area contributed by atoms with E-state index in [1.165, 1.54) is 17.1 Å². The summed E-state index contributed by atoms with van der Waals surface area (Å²) >= 11 is 0. The van der Waals surface area contributed by atoms with Crippen LogP contribution in [-0.2, 0) is 0 Å². The summed E-state index contributed by atoms with van der Waals surface area (Å²) in [5, 5.41) is 23.9. The Kier molecular flexibility index (Phi) is 3.59. The highest BCUT2D eigenvalue weighted by atomic mass is 16.1. The van der Waals surface area contributed by atoms with Gasteiger partial charge >= 0.3 is 0 Å². The van der Waals surface area contributed by atoms with Gasteiger partial charge in [-0.1, -0.05) is 6.58 Å². The van der Waals surface area contributed by atoms with Crippen molar-refractivity contribution in [2.75, 3.05) is 5.32 Å². The fourth-order valence-corrected chi connectivity index (χ4v) is 1.58. The molecule has 1 amide bonds. The van der Waals surface area contributed by atoms with Crippen LogP contribution in [0.5, 0.6) is 0 Å². The van der Waals surface area contributed by atoms with Gasteiger partial charge in [-0.2, -0.15) is 15.6 Å². The van der Waals surface area contributed by atoms with E-state index in [9.17, 15) is 4.79 Å². The summed E-state index contributed by atoms with van der Waals surface area (Å²) in [4.78, 5) is 22.1. The molecule has 0 aliphatic heterocycles. The molecule has 0 atom stereocenters. The van der Waals surface area contributed by atoms with Gasteiger partial charge in [0.1, 0.15) is 17.7 Å². The number of aromatic nitrogens is 4. The topological polar surface area (TPSA) is 136 Å². The second-order valence-corrected chi connectivity index (χ2v) is 3.65. The van der Waals surface area contributed by atoms with E-state index in [0.717, 1.165) is 0 Å². The number of aliphatic imine (C=N–C) groups is 1. The van der Waals surface area contributed by atoms with Crippen LogP contribution in [0.25, 0.3) is 6.20 Å². The highest BCUT2D eigenvalue weighted by molar-refractivity contribution is 6.06. The van der Waals surface area contributed by atoms with Gasteiger partial charge in [0.15, 0.2) is 17.2 Å². The van der Waals surface area contributed by atoms with E-state index in [4.69, 9.17) is 10.5 Å². The summed E-state index contributed by atoms with van der Waals surface area (Å²) in [6.07, 6.45) is 2.66. The number of anilines is 1. The predicted molar refractivity (Wildman–Crippen MR) is 73.8 cm³/mol. The number of aromatic amines is 1. The zero-order valence-electron chi connectivity index (χ0n) is 10.7. The largest absolute Gasteiger partial charge is 0.314 e. The van der Waals surface area contributed by atoms with E-state index in [1.807, 2.05) is 0 Å². The Morgan fingerprint density at radius 2 is 2.29 bits per heavy atom. The molecule has 0 aliphatic rings. The number of nitrogens with one attached hydrogen (secondary N) is 2. The molecule has 0 aliphatic carbocycles. The predicted octanol–water partition coefficient (Wildman–Crippen LogP) is 1.03. The van der Waals surface area contributed by atoms with Crippen LogP contribution in [0.15, 0.2) is 17.8 Å². The van der Waals surface area contributed by atoms with Crippen molar-refractivity contribution in [1.82, 2.24) is 19.7 Å². The fraction of sp³-hybridized carbons (Fsp3) is 0. The van der Waals surface area contributed by atoms with Gasteiger partial charge in [-0.3, -0.25) is 10.1 Å². The summed E-state index contributed by atoms with van der Waals surface area (Å²) < 4.78 is 1.28. The Morgan fingerprint density at radius 1 is 1.52 bits per heavy atom. The molecular formula is C12H8N8O. The monoisotopic (exact) mass is 280 g/mol. The smallest absolute Gasteiger partial charge is 0.263 e. The molecule has 0 fully saturated rings. The number of H-pyrrole nitrogens is 1. The molecule has 0 saturated carbocycles. The molecule has 2 N–H and O–H groups in total. The van der Waals surface area contributed by atoms with Gasteiger partial charge in [-0.25, -0.2) is 14.7 Å². The summed E-state index contributed by atoms with van der Waals surface area (Å²) in [5.41, 5.74) is 0.0200. The minimum absolute atomic E-state index is 0.0190. The van der Waals surface area contributed by atoms with Crippen molar-refractivity contribution >= 4 is 30.6 Å². The van der Waals surface area contributed by atoms with Gasteiger partial charge in [0.2, 0.25) is 5.95 Å². The first kappa shape index (κ1) is 13.7. The van der Waals surface area contributed by atoms with E-state index in [1.54, 1.807) is 12.1 Å². The molecule has 2 aromatic rings. The van der Waals surface area contributed by atoms with Crippen LogP contribution in [-0.4, -0.2) is 32.4 Å². The van der Waals surface area contributed by atoms with Crippen LogP contribution < -0.4 is 5.32 Å². The number of hydrogen-bond acceptors (Lipinski definition) is 6. The standard InChI is InChI=1S/C12H8N8O/c1-3-20-10(15-2)7(6-16-20)11(21)19-12-17-8(4-13)9(5-14)18-12/h3,6H,1-2H2,(H2,17,18,19,21). The minimum atomic E-state index is -0.562. The zero-order valence-corrected chi connectivity index (χ0v) is 10.7. The van der Waals surface area contributed by atoms with Gasteiger partial charge in [-0.05, 0) is 6.72 Å². The summed E-state index contributed by atoms with van der Waals surface area (Å²) in [5.74, 6) is -0.363. The average molecular weight is 280 g/mol. The number of imidazole rings is 1. The second-order valence-electron chi connectivity index (χ2n) is 3.65. The third-order valence-corrected chi connectivity index (χ3v) is 2.49. The normalized spacial score (nSPS) is 9.43. The molecule has 2 heterocycles. The number of rotatable bonds is 4. The van der Waals surface area contributed by atoms with E-state index in [-0.39, 0.29) is 28.7 Å². The van der Waals surface area contributed by atoms with Crippen LogP contribution >= 0.6 is 0 Å². The lowest BCUT2D eigenvalue weighted by molar-refractivity contribution is 0.102. The first-order chi connectivity index (χ1) is 10.1. The third-order valence-electron chi connectivity index (χ3n) is 2.49. The number of carbonyl (C=O) groups is 1. The van der Waals surface area contributed by atoms with Crippen molar-refractivity contribution in [3.63, 3.8) is 0 Å². The third kappa shape index (κ3) is 2.39. The molecule has 102 valence electrons. The van der Waals surface area contributed by atoms with Gasteiger partial charge in [-0.15, -0.1) is 0 Å². The first-order valence-corrected chi connectivity index (χ1v) is 5.53. The Morgan fingerprint density at radius 3 is 2.81 bits per heavy atom. The molecule has 9 nitrogen and oxygen atoms in total. The number of amides is 1. The SMILES string of the molecule is C=Cn1ncc(C(=O)Nc2nc(C#N)c(C#N)[nH]2)c1N=C. The number of nitriles is 2. The maximum Gasteiger partial charge on any atom is 0.263 e. The zero-order chi connectivity index (χ0) is 15.4. The van der Waals surface area contributed by atoms with Crippen LogP contribution in [0.3, 0.4) is 0 Å². The van der Waals surface area contributed by atoms with Crippen molar-refractivity contribution < 1.29 is 4.79 Å². The first-order valence-electron chi connectivity index (χ1n) is 5.53. The number of carbonyl (C=O) groups excluding carboxylic acids is 1. The minimum Gasteiger partial charge on any atom is -0.314 e. The highest BCUT2D eigenvalue weighted by Crippen LogP contribution is 2.19. The maximum absolute atomic E-state index is 12.1. The second kappa shape index (κ2) is 5.50. The summed E-state index contributed by atoms with van der Waals surface area (Å²) in [7, 11) is 0. The van der Waals surface area contributed by atoms with Crippen LogP contribution in [0, 0.1) is 22.7 Å². The quantitative estimate of drug-likeness (QED) is 0.806. The van der Waals surface area contributed by atoms with E-state index in [0.29, 0.717) is 0 Å². The molecular weight excluding hydrogens is 272 g/mol. The van der Waals surface area contributed by atoms with Crippen molar-refractivity contribution in [2.24, 2.45) is 4.99 Å². The van der Waals surface area contributed by atoms with Gasteiger partial charge in [0, 0.05) is 6.20 Å². The molecule has 0 radical (unpaired) electrons. The lowest BCUT2D eigenvalue weighted by Gasteiger charge is -2.01. The number of hydrogen-bond donors (Lipinski definition) is 2. The summed E-state index contributed by atoms with van der Waals surface area (Å²) in [6.45, 7) is 6.88. The Labute approximate surface area is 118 Å². The van der Waals surface area contributed by atoms with Gasteiger partial charge in [0.25, 0.3) is 5.91 Å². The number of nitrogens with zero attached hydrogens (tertiary/aromatic N) is 6. The van der Waals surface area contributed by atoms with Crippen LogP contribution in [0.2, 0.25) is 0 Å². The average Bonchev–Trinajstić information content (AvgIpc) is 3.09. The van der Waals surface area contributed by atoms with Crippen molar-refractivity contribution in [3.05, 3.63) is 29.7 Å². The van der Waals surface area contributed by atoms with Crippen LogP contribution in [0.1, 0.15) is 21.7 Å². The Balaban J connectivity index is 2.31. The molecule has 0 saturated heterocycles. The van der Waals surface area contributed by atoms with Crippen molar-refractivity contribution in [3.8, 4) is 12.1 Å². The Bertz CT molecular complexity index is 782. The van der Waals surface area contributed by atoms with E-state index in [2.05, 4.69) is 38.7 Å². The molecule has 9 heteroatoms. The highest BCUT2D eigenvalue weighted by Gasteiger charge is 2.18. The Hall–Kier alpha value is -3.72. The lowest BCUT2D eigenvalue weighted by Crippen LogP contribution is -2.12. The van der Waals surface area contributed by atoms with Crippen LogP contribution in [0.4, 0.5) is 11.8 Å². The molecule has 0 spiro atoms. The molecule has 0 bridgehead atoms. The van der Waals surface area contributed by atoms with Gasteiger partial charge in [0.05, 0.1) is 6.20 Å². The van der Waals surface area contributed by atoms with Gasteiger partial charge < -0.3 is 4.98 Å². The van der Waals surface area contributed by atoms with Crippen molar-refractivity contribution in [2.45, 2.75) is 0 Å². The summed E-state index contributed by atoms with van der Waals surface area (Å²) in [6, 6.07) is 3.51. The molecule has 2 aromatic heterocycles. The molecule has 0 aromatic carbocycles.